The SMILES string of the molecule is CCCCCC(N)(N)O. The smallest absolute Gasteiger partial charge is 0.166 e. The Kier molecular flexibility index (Phi) is 3.77. The van der Waals surface area contributed by atoms with Gasteiger partial charge in [-0.2, -0.15) is 0 Å². The summed E-state index contributed by atoms with van der Waals surface area (Å²) >= 11 is 0. The van der Waals surface area contributed by atoms with Crippen molar-refractivity contribution in [1.29, 1.82) is 0 Å². The molecule has 0 radical (unpaired) electrons. The molecule has 5 N–H and O–H groups in total. The Morgan fingerprint density at radius 1 is 1.33 bits per heavy atom. The molecular formula is C6H16N2O. The van der Waals surface area contributed by atoms with Crippen LogP contribution >= 0.6 is 0 Å². The molecule has 56 valence electrons. The topological polar surface area (TPSA) is 72.3 Å². The average Bonchev–Trinajstić information content (AvgIpc) is 1.63. The number of aliphatic hydroxyl groups is 1. The van der Waals surface area contributed by atoms with Crippen LogP contribution in [-0.2, 0) is 0 Å². The summed E-state index contributed by atoms with van der Waals surface area (Å²) in [6.07, 6.45) is 3.59. The van der Waals surface area contributed by atoms with Crippen molar-refractivity contribution in [3.05, 3.63) is 0 Å². The third-order valence-electron chi connectivity index (χ3n) is 1.18. The van der Waals surface area contributed by atoms with Crippen LogP contribution in [0.1, 0.15) is 32.6 Å². The van der Waals surface area contributed by atoms with Crippen molar-refractivity contribution >= 4 is 0 Å². The molecule has 3 heteroatoms. The Bertz CT molecular complexity index is 67.9. The first-order valence-electron chi connectivity index (χ1n) is 3.36. The van der Waals surface area contributed by atoms with Crippen molar-refractivity contribution < 1.29 is 5.11 Å². The van der Waals surface area contributed by atoms with Crippen molar-refractivity contribution in [2.24, 2.45) is 11.5 Å². The Morgan fingerprint density at radius 3 is 2.22 bits per heavy atom. The molecule has 0 aromatic carbocycles. The van der Waals surface area contributed by atoms with Crippen LogP contribution in [0.3, 0.4) is 0 Å². The Labute approximate surface area is 56.0 Å². The Balaban J connectivity index is 3.07. The number of rotatable bonds is 4. The van der Waals surface area contributed by atoms with Crippen LogP contribution in [-0.4, -0.2) is 11.0 Å². The second-order valence-electron chi connectivity index (χ2n) is 2.45. The van der Waals surface area contributed by atoms with Crippen molar-refractivity contribution in [3.8, 4) is 0 Å². The van der Waals surface area contributed by atoms with Gasteiger partial charge in [-0.25, -0.2) is 0 Å². The first-order chi connectivity index (χ1) is 4.06. The molecule has 0 aromatic rings. The Hall–Kier alpha value is -0.120. The minimum atomic E-state index is -1.45. The van der Waals surface area contributed by atoms with E-state index in [0.717, 1.165) is 19.3 Å². The van der Waals surface area contributed by atoms with Crippen molar-refractivity contribution in [1.82, 2.24) is 0 Å². The van der Waals surface area contributed by atoms with Gasteiger partial charge in [0, 0.05) is 6.42 Å². The molecule has 3 nitrogen and oxygen atoms in total. The number of hydrogen-bond acceptors (Lipinski definition) is 3. The molecule has 0 aliphatic carbocycles. The molecule has 9 heavy (non-hydrogen) atoms. The molecule has 0 unspecified atom stereocenters. The lowest BCUT2D eigenvalue weighted by atomic mass is 10.1. The molecule has 0 saturated heterocycles. The standard InChI is InChI=1S/C6H16N2O/c1-2-3-4-5-6(7,8)9/h9H,2-5,7-8H2,1H3. The highest BCUT2D eigenvalue weighted by Gasteiger charge is 2.11. The molecule has 0 atom stereocenters. The quantitative estimate of drug-likeness (QED) is 0.376. The summed E-state index contributed by atoms with van der Waals surface area (Å²) in [5.74, 6) is -1.45. The van der Waals surface area contributed by atoms with Crippen LogP contribution < -0.4 is 11.5 Å². The number of hydrogen-bond donors (Lipinski definition) is 3. The molecule has 0 rings (SSSR count). The van der Waals surface area contributed by atoms with Gasteiger partial charge in [0.1, 0.15) is 0 Å². The second-order valence-corrected chi connectivity index (χ2v) is 2.45. The molecular weight excluding hydrogens is 116 g/mol. The van der Waals surface area contributed by atoms with Gasteiger partial charge < -0.3 is 5.11 Å². The van der Waals surface area contributed by atoms with Crippen LogP contribution in [0.2, 0.25) is 0 Å². The summed E-state index contributed by atoms with van der Waals surface area (Å²) in [6, 6.07) is 0. The van der Waals surface area contributed by atoms with E-state index in [1.54, 1.807) is 0 Å². The maximum Gasteiger partial charge on any atom is 0.166 e. The average molecular weight is 132 g/mol. The van der Waals surface area contributed by atoms with E-state index in [4.69, 9.17) is 16.6 Å². The minimum Gasteiger partial charge on any atom is -0.363 e. The van der Waals surface area contributed by atoms with Gasteiger partial charge in [-0.3, -0.25) is 11.5 Å². The third kappa shape index (κ3) is 7.88. The predicted octanol–water partition coefficient (Wildman–Crippen LogP) is 0.130. The highest BCUT2D eigenvalue weighted by Crippen LogP contribution is 2.03. The van der Waals surface area contributed by atoms with Gasteiger partial charge in [-0.15, -0.1) is 0 Å². The molecule has 0 aromatic heterocycles. The van der Waals surface area contributed by atoms with Crippen LogP contribution in [0.4, 0.5) is 0 Å². The van der Waals surface area contributed by atoms with Crippen LogP contribution in [0.15, 0.2) is 0 Å². The van der Waals surface area contributed by atoms with Gasteiger partial charge in [0.25, 0.3) is 0 Å². The molecule has 0 bridgehead atoms. The lowest BCUT2D eigenvalue weighted by Gasteiger charge is -2.15. The van der Waals surface area contributed by atoms with E-state index in [9.17, 15) is 0 Å². The zero-order valence-electron chi connectivity index (χ0n) is 5.93. The predicted molar refractivity (Wildman–Crippen MR) is 37.5 cm³/mol. The highest BCUT2D eigenvalue weighted by molar-refractivity contribution is 4.59. The lowest BCUT2D eigenvalue weighted by molar-refractivity contribution is 0.0422. The van der Waals surface area contributed by atoms with E-state index < -0.39 is 5.85 Å². The van der Waals surface area contributed by atoms with E-state index in [2.05, 4.69) is 6.92 Å². The normalized spacial score (nSPS) is 12.0. The number of nitrogens with two attached hydrogens (primary N) is 2. The molecule has 0 heterocycles. The van der Waals surface area contributed by atoms with Crippen LogP contribution in [0.25, 0.3) is 0 Å². The molecule has 0 aliphatic heterocycles. The summed E-state index contributed by atoms with van der Waals surface area (Å²) in [5.41, 5.74) is 10.2. The summed E-state index contributed by atoms with van der Waals surface area (Å²) in [5, 5.41) is 8.80. The second kappa shape index (κ2) is 3.82. The van der Waals surface area contributed by atoms with Crippen molar-refractivity contribution in [3.63, 3.8) is 0 Å². The van der Waals surface area contributed by atoms with Gasteiger partial charge in [0.15, 0.2) is 5.85 Å². The molecule has 0 spiro atoms. The maximum absolute atomic E-state index is 8.80. The third-order valence-corrected chi connectivity index (χ3v) is 1.18. The monoisotopic (exact) mass is 132 g/mol. The van der Waals surface area contributed by atoms with Crippen LogP contribution in [0, 0.1) is 0 Å². The fourth-order valence-electron chi connectivity index (χ4n) is 0.658. The number of unbranched alkanes of at least 4 members (excludes halogenated alkanes) is 2. The van der Waals surface area contributed by atoms with E-state index in [1.807, 2.05) is 0 Å². The van der Waals surface area contributed by atoms with Crippen molar-refractivity contribution in [2.75, 3.05) is 0 Å². The van der Waals surface area contributed by atoms with Crippen LogP contribution in [0.5, 0.6) is 0 Å². The summed E-state index contributed by atoms with van der Waals surface area (Å²) in [6.45, 7) is 2.09. The van der Waals surface area contributed by atoms with Gasteiger partial charge in [0.2, 0.25) is 0 Å². The Morgan fingerprint density at radius 2 is 1.89 bits per heavy atom. The maximum atomic E-state index is 8.80. The molecule has 0 fully saturated rings. The van der Waals surface area contributed by atoms with Gasteiger partial charge >= 0.3 is 0 Å². The first-order valence-corrected chi connectivity index (χ1v) is 3.36. The summed E-state index contributed by atoms with van der Waals surface area (Å²) in [7, 11) is 0. The van der Waals surface area contributed by atoms with Crippen molar-refractivity contribution in [2.45, 2.75) is 38.5 Å². The minimum absolute atomic E-state index is 0.487. The molecule has 0 saturated carbocycles. The van der Waals surface area contributed by atoms with E-state index in [0.29, 0.717) is 6.42 Å². The van der Waals surface area contributed by atoms with Gasteiger partial charge in [-0.05, 0) is 6.42 Å². The lowest BCUT2D eigenvalue weighted by Crippen LogP contribution is -2.48. The molecule has 0 aliphatic rings. The fraction of sp³-hybridized carbons (Fsp3) is 1.00. The first kappa shape index (κ1) is 8.88. The highest BCUT2D eigenvalue weighted by atomic mass is 16.3. The zero-order valence-corrected chi connectivity index (χ0v) is 5.93. The fourth-order valence-corrected chi connectivity index (χ4v) is 0.658. The summed E-state index contributed by atoms with van der Waals surface area (Å²) < 4.78 is 0. The summed E-state index contributed by atoms with van der Waals surface area (Å²) in [4.78, 5) is 0. The van der Waals surface area contributed by atoms with E-state index in [1.165, 1.54) is 0 Å². The molecule has 0 amide bonds. The van der Waals surface area contributed by atoms with E-state index in [-0.39, 0.29) is 0 Å². The zero-order chi connectivity index (χ0) is 7.33. The van der Waals surface area contributed by atoms with Gasteiger partial charge in [-0.1, -0.05) is 19.8 Å². The van der Waals surface area contributed by atoms with E-state index >= 15 is 0 Å². The van der Waals surface area contributed by atoms with Gasteiger partial charge in [0.05, 0.1) is 0 Å². The largest absolute Gasteiger partial charge is 0.363 e.